The maximum absolute atomic E-state index is 12.2. The lowest BCUT2D eigenvalue weighted by Gasteiger charge is -2.22. The van der Waals surface area contributed by atoms with Gasteiger partial charge in [-0.2, -0.15) is 5.10 Å². The number of nitrogens with zero attached hydrogens (tertiary/aromatic N) is 2. The molecule has 3 nitrogen and oxygen atoms in total. The van der Waals surface area contributed by atoms with Gasteiger partial charge in [0.1, 0.15) is 11.9 Å². The van der Waals surface area contributed by atoms with E-state index in [0.29, 0.717) is 6.61 Å². The second-order valence-corrected chi connectivity index (χ2v) is 3.34. The number of ether oxygens (including phenoxy) is 1. The average molecular weight is 202 g/mol. The van der Waals surface area contributed by atoms with Crippen molar-refractivity contribution in [2.24, 2.45) is 0 Å². The molecule has 0 aliphatic carbocycles. The predicted molar refractivity (Wildman–Crippen MR) is 46.0 cm³/mol. The van der Waals surface area contributed by atoms with E-state index in [2.05, 4.69) is 5.10 Å². The van der Waals surface area contributed by atoms with Crippen molar-refractivity contribution in [3.63, 3.8) is 0 Å². The van der Waals surface area contributed by atoms with Crippen molar-refractivity contribution in [2.75, 3.05) is 6.61 Å². The summed E-state index contributed by atoms with van der Waals surface area (Å²) in [6.07, 6.45) is 1.85. The molecular formula is C9H12F2N2O. The SMILES string of the molecule is FC(F)c1ccn(C2CCCCO2)n1. The number of alkyl halides is 2. The molecular weight excluding hydrogens is 190 g/mol. The average Bonchev–Trinajstić information content (AvgIpc) is 2.68. The van der Waals surface area contributed by atoms with Crippen molar-refractivity contribution in [3.05, 3.63) is 18.0 Å². The molecule has 2 rings (SSSR count). The van der Waals surface area contributed by atoms with Crippen molar-refractivity contribution < 1.29 is 13.5 Å². The third-order valence-corrected chi connectivity index (χ3v) is 2.30. The highest BCUT2D eigenvalue weighted by Crippen LogP contribution is 2.23. The van der Waals surface area contributed by atoms with E-state index in [1.807, 2.05) is 0 Å². The van der Waals surface area contributed by atoms with Gasteiger partial charge in [-0.05, 0) is 25.3 Å². The fraction of sp³-hybridized carbons (Fsp3) is 0.667. The zero-order valence-corrected chi connectivity index (χ0v) is 7.70. The Hall–Kier alpha value is -0.970. The fourth-order valence-corrected chi connectivity index (χ4v) is 1.56. The van der Waals surface area contributed by atoms with Crippen LogP contribution in [-0.2, 0) is 4.74 Å². The van der Waals surface area contributed by atoms with E-state index in [0.717, 1.165) is 19.3 Å². The molecule has 1 fully saturated rings. The second-order valence-electron chi connectivity index (χ2n) is 3.34. The van der Waals surface area contributed by atoms with Crippen molar-refractivity contribution in [1.82, 2.24) is 9.78 Å². The molecule has 0 saturated carbocycles. The van der Waals surface area contributed by atoms with E-state index < -0.39 is 6.43 Å². The van der Waals surface area contributed by atoms with Gasteiger partial charge in [0.15, 0.2) is 0 Å². The van der Waals surface area contributed by atoms with Gasteiger partial charge in [0, 0.05) is 12.8 Å². The minimum Gasteiger partial charge on any atom is -0.357 e. The quantitative estimate of drug-likeness (QED) is 0.736. The van der Waals surface area contributed by atoms with Crippen molar-refractivity contribution in [3.8, 4) is 0 Å². The van der Waals surface area contributed by atoms with Crippen molar-refractivity contribution in [2.45, 2.75) is 31.9 Å². The Labute approximate surface area is 80.7 Å². The third-order valence-electron chi connectivity index (χ3n) is 2.30. The molecule has 0 N–H and O–H groups in total. The first-order valence-corrected chi connectivity index (χ1v) is 4.72. The Morgan fingerprint density at radius 3 is 2.93 bits per heavy atom. The monoisotopic (exact) mass is 202 g/mol. The Morgan fingerprint density at radius 1 is 1.50 bits per heavy atom. The van der Waals surface area contributed by atoms with E-state index >= 15 is 0 Å². The highest BCUT2D eigenvalue weighted by atomic mass is 19.3. The summed E-state index contributed by atoms with van der Waals surface area (Å²) in [5.74, 6) is 0. The van der Waals surface area contributed by atoms with E-state index in [1.165, 1.54) is 10.7 Å². The normalized spacial score (nSPS) is 22.9. The zero-order valence-electron chi connectivity index (χ0n) is 7.70. The Kier molecular flexibility index (Phi) is 2.77. The van der Waals surface area contributed by atoms with Crippen LogP contribution >= 0.6 is 0 Å². The summed E-state index contributed by atoms with van der Waals surface area (Å²) in [5.41, 5.74) is -0.181. The molecule has 1 atom stereocenters. The summed E-state index contributed by atoms with van der Waals surface area (Å²) < 4.78 is 31.4. The second kappa shape index (κ2) is 4.04. The van der Waals surface area contributed by atoms with Crippen LogP contribution in [0.3, 0.4) is 0 Å². The summed E-state index contributed by atoms with van der Waals surface area (Å²) in [6.45, 7) is 0.689. The molecule has 5 heteroatoms. The number of hydrogen-bond donors (Lipinski definition) is 0. The summed E-state index contributed by atoms with van der Waals surface area (Å²) in [6, 6.07) is 1.34. The summed E-state index contributed by atoms with van der Waals surface area (Å²) >= 11 is 0. The van der Waals surface area contributed by atoms with Crippen LogP contribution in [0.2, 0.25) is 0 Å². The van der Waals surface area contributed by atoms with Gasteiger partial charge in [0.05, 0.1) is 0 Å². The standard InChI is InChI=1S/C9H12F2N2O/c10-9(11)7-4-5-13(12-7)8-3-1-2-6-14-8/h4-5,8-9H,1-3,6H2. The van der Waals surface area contributed by atoms with Gasteiger partial charge in [0.2, 0.25) is 0 Å². The summed E-state index contributed by atoms with van der Waals surface area (Å²) in [5, 5.41) is 3.78. The maximum Gasteiger partial charge on any atom is 0.282 e. The minimum atomic E-state index is -2.50. The maximum atomic E-state index is 12.2. The lowest BCUT2D eigenvalue weighted by molar-refractivity contribution is -0.0402. The first kappa shape index (κ1) is 9.58. The predicted octanol–water partition coefficient (Wildman–Crippen LogP) is 2.52. The molecule has 1 aromatic rings. The van der Waals surface area contributed by atoms with Crippen LogP contribution in [0.25, 0.3) is 0 Å². The van der Waals surface area contributed by atoms with Crippen molar-refractivity contribution >= 4 is 0 Å². The lowest BCUT2D eigenvalue weighted by atomic mass is 10.2. The van der Waals surface area contributed by atoms with Crippen LogP contribution in [0.15, 0.2) is 12.3 Å². The zero-order chi connectivity index (χ0) is 9.97. The Bertz CT molecular complexity index is 295. The summed E-state index contributed by atoms with van der Waals surface area (Å²) in [4.78, 5) is 0. The molecule has 14 heavy (non-hydrogen) atoms. The van der Waals surface area contributed by atoms with E-state index in [4.69, 9.17) is 4.74 Å². The Morgan fingerprint density at radius 2 is 2.36 bits per heavy atom. The lowest BCUT2D eigenvalue weighted by Crippen LogP contribution is -2.18. The van der Waals surface area contributed by atoms with E-state index in [-0.39, 0.29) is 11.9 Å². The van der Waals surface area contributed by atoms with Gasteiger partial charge in [-0.1, -0.05) is 0 Å². The number of rotatable bonds is 2. The smallest absolute Gasteiger partial charge is 0.282 e. The molecule has 1 saturated heterocycles. The van der Waals surface area contributed by atoms with Gasteiger partial charge in [-0.3, -0.25) is 0 Å². The fourth-order valence-electron chi connectivity index (χ4n) is 1.56. The van der Waals surface area contributed by atoms with Crippen LogP contribution in [0.1, 0.15) is 37.6 Å². The molecule has 0 bridgehead atoms. The molecule has 1 unspecified atom stereocenters. The molecule has 0 amide bonds. The van der Waals surface area contributed by atoms with Crippen LogP contribution < -0.4 is 0 Å². The Balaban J connectivity index is 2.07. The number of hydrogen-bond acceptors (Lipinski definition) is 2. The molecule has 0 spiro atoms. The molecule has 1 aromatic heterocycles. The topological polar surface area (TPSA) is 27.1 Å². The molecule has 1 aliphatic heterocycles. The minimum absolute atomic E-state index is 0.156. The van der Waals surface area contributed by atoms with Crippen LogP contribution in [0.5, 0.6) is 0 Å². The van der Waals surface area contributed by atoms with Gasteiger partial charge < -0.3 is 4.74 Å². The highest BCUT2D eigenvalue weighted by molar-refractivity contribution is 5.00. The highest BCUT2D eigenvalue weighted by Gasteiger charge is 2.18. The van der Waals surface area contributed by atoms with E-state index in [9.17, 15) is 8.78 Å². The molecule has 0 aromatic carbocycles. The van der Waals surface area contributed by atoms with Gasteiger partial charge in [0.25, 0.3) is 6.43 Å². The molecule has 78 valence electrons. The molecule has 2 heterocycles. The number of aromatic nitrogens is 2. The first-order valence-electron chi connectivity index (χ1n) is 4.72. The van der Waals surface area contributed by atoms with Gasteiger partial charge in [-0.25, -0.2) is 13.5 Å². The van der Waals surface area contributed by atoms with Crippen LogP contribution in [0.4, 0.5) is 8.78 Å². The van der Waals surface area contributed by atoms with Crippen LogP contribution in [0, 0.1) is 0 Å². The molecule has 0 radical (unpaired) electrons. The summed E-state index contributed by atoms with van der Waals surface area (Å²) in [7, 11) is 0. The number of halogens is 2. The largest absolute Gasteiger partial charge is 0.357 e. The van der Waals surface area contributed by atoms with Crippen LogP contribution in [-0.4, -0.2) is 16.4 Å². The third kappa shape index (κ3) is 1.92. The first-order chi connectivity index (χ1) is 6.77. The van der Waals surface area contributed by atoms with Gasteiger partial charge >= 0.3 is 0 Å². The van der Waals surface area contributed by atoms with E-state index in [1.54, 1.807) is 6.20 Å². The molecule has 1 aliphatic rings. The van der Waals surface area contributed by atoms with Gasteiger partial charge in [-0.15, -0.1) is 0 Å². The van der Waals surface area contributed by atoms with Crippen molar-refractivity contribution in [1.29, 1.82) is 0 Å².